The van der Waals surface area contributed by atoms with Gasteiger partial charge in [0.05, 0.1) is 6.54 Å². The van der Waals surface area contributed by atoms with Crippen LogP contribution in [0.2, 0.25) is 0 Å². The summed E-state index contributed by atoms with van der Waals surface area (Å²) in [6, 6.07) is 12.6. The second-order valence-corrected chi connectivity index (χ2v) is 6.60. The Balaban J connectivity index is 1.47. The molecule has 4 nitrogen and oxygen atoms in total. The van der Waals surface area contributed by atoms with E-state index in [2.05, 4.69) is 22.0 Å². The fourth-order valence-electron chi connectivity index (χ4n) is 3.22. The molecule has 0 aliphatic carbocycles. The van der Waals surface area contributed by atoms with Gasteiger partial charge in [-0.3, -0.25) is 14.6 Å². The summed E-state index contributed by atoms with van der Waals surface area (Å²) in [5, 5.41) is 2.78. The third-order valence-electron chi connectivity index (χ3n) is 4.78. The van der Waals surface area contributed by atoms with Crippen LogP contribution in [0.4, 0.5) is 14.5 Å². The molecule has 2 aromatic carbocycles. The SMILES string of the molecule is CC(c1cccc(F)c1)N1CCN(CC(=O)Nc2ccc(F)cc2)CC1. The molecule has 6 heteroatoms. The van der Waals surface area contributed by atoms with Gasteiger partial charge in [0.1, 0.15) is 11.6 Å². The zero-order valence-electron chi connectivity index (χ0n) is 14.8. The molecular weight excluding hydrogens is 336 g/mol. The Bertz CT molecular complexity index is 743. The van der Waals surface area contributed by atoms with Crippen molar-refractivity contribution in [2.75, 3.05) is 38.0 Å². The Morgan fingerprint density at radius 2 is 1.73 bits per heavy atom. The molecule has 1 unspecified atom stereocenters. The molecule has 26 heavy (non-hydrogen) atoms. The average molecular weight is 359 g/mol. The lowest BCUT2D eigenvalue weighted by Crippen LogP contribution is -2.49. The number of anilines is 1. The van der Waals surface area contributed by atoms with Crippen molar-refractivity contribution in [3.05, 3.63) is 65.7 Å². The van der Waals surface area contributed by atoms with Crippen LogP contribution in [0.3, 0.4) is 0 Å². The molecule has 0 radical (unpaired) electrons. The van der Waals surface area contributed by atoms with E-state index in [0.717, 1.165) is 31.7 Å². The van der Waals surface area contributed by atoms with Crippen LogP contribution < -0.4 is 5.32 Å². The molecule has 1 aliphatic rings. The van der Waals surface area contributed by atoms with E-state index >= 15 is 0 Å². The number of hydrogen-bond donors (Lipinski definition) is 1. The van der Waals surface area contributed by atoms with Crippen LogP contribution in [0, 0.1) is 11.6 Å². The number of piperazine rings is 1. The van der Waals surface area contributed by atoms with Crippen LogP contribution in [-0.4, -0.2) is 48.4 Å². The van der Waals surface area contributed by atoms with Crippen LogP contribution in [0.15, 0.2) is 48.5 Å². The highest BCUT2D eigenvalue weighted by atomic mass is 19.1. The van der Waals surface area contributed by atoms with E-state index in [0.29, 0.717) is 12.2 Å². The highest BCUT2D eigenvalue weighted by Crippen LogP contribution is 2.22. The van der Waals surface area contributed by atoms with Crippen molar-refractivity contribution < 1.29 is 13.6 Å². The molecule has 0 aromatic heterocycles. The molecule has 1 aliphatic heterocycles. The number of hydrogen-bond acceptors (Lipinski definition) is 3. The zero-order valence-corrected chi connectivity index (χ0v) is 14.8. The van der Waals surface area contributed by atoms with Gasteiger partial charge >= 0.3 is 0 Å². The first-order valence-electron chi connectivity index (χ1n) is 8.78. The lowest BCUT2D eigenvalue weighted by molar-refractivity contribution is -0.117. The minimum atomic E-state index is -0.327. The van der Waals surface area contributed by atoms with Gasteiger partial charge in [0.2, 0.25) is 5.91 Å². The Labute approximate surface area is 152 Å². The third kappa shape index (κ3) is 4.86. The smallest absolute Gasteiger partial charge is 0.238 e. The van der Waals surface area contributed by atoms with Crippen molar-refractivity contribution in [1.29, 1.82) is 0 Å². The number of carbonyl (C=O) groups excluding carboxylic acids is 1. The van der Waals surface area contributed by atoms with Crippen LogP contribution in [0.25, 0.3) is 0 Å². The molecule has 1 saturated heterocycles. The minimum absolute atomic E-state index is 0.108. The van der Waals surface area contributed by atoms with Gasteiger partial charge in [0.15, 0.2) is 0 Å². The molecule has 2 aromatic rings. The van der Waals surface area contributed by atoms with Gasteiger partial charge in [-0.15, -0.1) is 0 Å². The van der Waals surface area contributed by atoms with Crippen LogP contribution in [0.1, 0.15) is 18.5 Å². The first-order chi connectivity index (χ1) is 12.5. The molecule has 0 saturated carbocycles. The van der Waals surface area contributed by atoms with Crippen molar-refractivity contribution in [2.45, 2.75) is 13.0 Å². The molecule has 138 valence electrons. The number of nitrogens with zero attached hydrogens (tertiary/aromatic N) is 2. The maximum atomic E-state index is 13.4. The standard InChI is InChI=1S/C20H23F2N3O/c1-15(16-3-2-4-18(22)13-16)25-11-9-24(10-12-25)14-20(26)23-19-7-5-17(21)6-8-19/h2-8,13,15H,9-12,14H2,1H3,(H,23,26). The topological polar surface area (TPSA) is 35.6 Å². The molecule has 1 fully saturated rings. The summed E-state index contributed by atoms with van der Waals surface area (Å²) in [5.41, 5.74) is 1.56. The maximum absolute atomic E-state index is 13.4. The lowest BCUT2D eigenvalue weighted by atomic mass is 10.1. The Morgan fingerprint density at radius 3 is 2.38 bits per heavy atom. The van der Waals surface area contributed by atoms with Gasteiger partial charge in [0.25, 0.3) is 0 Å². The Hall–Kier alpha value is -2.31. The molecule has 3 rings (SSSR count). The monoisotopic (exact) mass is 359 g/mol. The molecule has 1 N–H and O–H groups in total. The second kappa shape index (κ2) is 8.38. The van der Waals surface area contributed by atoms with E-state index in [9.17, 15) is 13.6 Å². The van der Waals surface area contributed by atoms with Gasteiger partial charge < -0.3 is 5.32 Å². The number of benzene rings is 2. The fourth-order valence-corrected chi connectivity index (χ4v) is 3.22. The fraction of sp³-hybridized carbons (Fsp3) is 0.350. The van der Waals surface area contributed by atoms with Crippen molar-refractivity contribution in [2.24, 2.45) is 0 Å². The summed E-state index contributed by atoms with van der Waals surface area (Å²) in [4.78, 5) is 16.5. The van der Waals surface area contributed by atoms with Gasteiger partial charge in [-0.05, 0) is 48.9 Å². The lowest BCUT2D eigenvalue weighted by Gasteiger charge is -2.38. The third-order valence-corrected chi connectivity index (χ3v) is 4.78. The number of halogens is 2. The Morgan fingerprint density at radius 1 is 1.04 bits per heavy atom. The van der Waals surface area contributed by atoms with E-state index in [1.807, 2.05) is 6.07 Å². The van der Waals surface area contributed by atoms with Gasteiger partial charge in [0, 0.05) is 37.9 Å². The van der Waals surface area contributed by atoms with E-state index in [1.165, 1.54) is 18.2 Å². The van der Waals surface area contributed by atoms with Crippen molar-refractivity contribution >= 4 is 11.6 Å². The van der Waals surface area contributed by atoms with Crippen molar-refractivity contribution in [3.63, 3.8) is 0 Å². The number of carbonyl (C=O) groups is 1. The van der Waals surface area contributed by atoms with E-state index < -0.39 is 0 Å². The predicted molar refractivity (Wildman–Crippen MR) is 97.9 cm³/mol. The van der Waals surface area contributed by atoms with Crippen LogP contribution >= 0.6 is 0 Å². The summed E-state index contributed by atoms with van der Waals surface area (Å²) in [5.74, 6) is -0.653. The number of rotatable bonds is 5. The summed E-state index contributed by atoms with van der Waals surface area (Å²) in [6.07, 6.45) is 0. The van der Waals surface area contributed by atoms with Gasteiger partial charge in [-0.25, -0.2) is 8.78 Å². The number of amides is 1. The highest BCUT2D eigenvalue weighted by molar-refractivity contribution is 5.92. The molecule has 0 bridgehead atoms. The minimum Gasteiger partial charge on any atom is -0.325 e. The predicted octanol–water partition coefficient (Wildman–Crippen LogP) is 3.28. The van der Waals surface area contributed by atoms with Crippen LogP contribution in [-0.2, 0) is 4.79 Å². The van der Waals surface area contributed by atoms with Crippen molar-refractivity contribution in [1.82, 2.24) is 9.80 Å². The normalized spacial score (nSPS) is 17.0. The quantitative estimate of drug-likeness (QED) is 0.890. The highest BCUT2D eigenvalue weighted by Gasteiger charge is 2.23. The number of nitrogens with one attached hydrogen (secondary N) is 1. The first kappa shape index (κ1) is 18.5. The first-order valence-corrected chi connectivity index (χ1v) is 8.78. The summed E-state index contributed by atoms with van der Waals surface area (Å²) in [7, 11) is 0. The molecule has 1 heterocycles. The van der Waals surface area contributed by atoms with Gasteiger partial charge in [-0.1, -0.05) is 12.1 Å². The molecule has 0 spiro atoms. The van der Waals surface area contributed by atoms with Gasteiger partial charge in [-0.2, -0.15) is 0 Å². The zero-order chi connectivity index (χ0) is 18.5. The molecular formula is C20H23F2N3O. The van der Waals surface area contributed by atoms with Crippen molar-refractivity contribution in [3.8, 4) is 0 Å². The van der Waals surface area contributed by atoms with Crippen LogP contribution in [0.5, 0.6) is 0 Å². The second-order valence-electron chi connectivity index (χ2n) is 6.60. The van der Waals surface area contributed by atoms with E-state index in [1.54, 1.807) is 24.3 Å². The summed E-state index contributed by atoms with van der Waals surface area (Å²) in [6.45, 7) is 5.57. The summed E-state index contributed by atoms with van der Waals surface area (Å²) < 4.78 is 26.3. The molecule has 1 amide bonds. The molecule has 1 atom stereocenters. The average Bonchev–Trinajstić information content (AvgIpc) is 2.64. The Kier molecular flexibility index (Phi) is 5.96. The largest absolute Gasteiger partial charge is 0.325 e. The maximum Gasteiger partial charge on any atom is 0.238 e. The van der Waals surface area contributed by atoms with E-state index in [4.69, 9.17) is 0 Å². The van der Waals surface area contributed by atoms with E-state index in [-0.39, 0.29) is 23.6 Å². The summed E-state index contributed by atoms with van der Waals surface area (Å²) >= 11 is 0.